The molecule has 0 aromatic rings. The minimum absolute atomic E-state index is 0.304. The van der Waals surface area contributed by atoms with E-state index < -0.39 is 0 Å². The second-order valence-corrected chi connectivity index (χ2v) is 2.96. The summed E-state index contributed by atoms with van der Waals surface area (Å²) in [7, 11) is 0. The lowest BCUT2D eigenvalue weighted by atomic mass is 10.2. The lowest BCUT2D eigenvalue weighted by Gasteiger charge is -2.14. The fraction of sp³-hybridized carbons (Fsp3) is 0.667. The van der Waals surface area contributed by atoms with Crippen molar-refractivity contribution in [3.63, 3.8) is 0 Å². The van der Waals surface area contributed by atoms with Crippen LogP contribution in [0, 0.1) is 0 Å². The quantitative estimate of drug-likeness (QED) is 0.550. The Hall–Kier alpha value is 0.180. The third-order valence-electron chi connectivity index (χ3n) is 1.14. The molecule has 0 fully saturated rings. The fourth-order valence-electron chi connectivity index (χ4n) is 0.728. The zero-order valence-electron chi connectivity index (χ0n) is 4.86. The Morgan fingerprint density at radius 1 is 1.88 bits per heavy atom. The Morgan fingerprint density at radius 3 is 3.00 bits per heavy atom. The van der Waals surface area contributed by atoms with Crippen molar-refractivity contribution < 1.29 is 4.74 Å². The molecule has 0 N–H and O–H groups in total. The second-order valence-electron chi connectivity index (χ2n) is 1.94. The molecule has 1 aliphatic rings. The molecule has 0 aliphatic carbocycles. The summed E-state index contributed by atoms with van der Waals surface area (Å²) in [6.45, 7) is 2.90. The zero-order valence-corrected chi connectivity index (χ0v) is 6.44. The van der Waals surface area contributed by atoms with Crippen LogP contribution in [0.2, 0.25) is 0 Å². The summed E-state index contributed by atoms with van der Waals surface area (Å²) in [6.07, 6.45) is 3.42. The van der Waals surface area contributed by atoms with E-state index >= 15 is 0 Å². The van der Waals surface area contributed by atoms with Crippen LogP contribution in [0.3, 0.4) is 0 Å². The molecule has 1 aliphatic heterocycles. The molecule has 0 amide bonds. The smallest absolute Gasteiger partial charge is 0.0738 e. The van der Waals surface area contributed by atoms with E-state index in [1.165, 1.54) is 4.48 Å². The molecule has 1 heterocycles. The van der Waals surface area contributed by atoms with Crippen LogP contribution in [0.5, 0.6) is 0 Å². The highest BCUT2D eigenvalue weighted by Crippen LogP contribution is 2.17. The summed E-state index contributed by atoms with van der Waals surface area (Å²) in [5, 5.41) is 0. The molecule has 2 heteroatoms. The molecule has 1 unspecified atom stereocenters. The molecule has 8 heavy (non-hydrogen) atoms. The maximum atomic E-state index is 5.24. The molecule has 0 aromatic heterocycles. The van der Waals surface area contributed by atoms with Crippen LogP contribution in [0.1, 0.15) is 13.3 Å². The standard InChI is InChI=1S/C6H9BrO/c1-5-4-6(7)2-3-8-5/h4-5H,2-3H2,1H3. The number of halogens is 1. The molecule has 0 saturated carbocycles. The van der Waals surface area contributed by atoms with Crippen molar-refractivity contribution in [3.05, 3.63) is 10.6 Å². The van der Waals surface area contributed by atoms with E-state index in [-0.39, 0.29) is 0 Å². The largest absolute Gasteiger partial charge is 0.374 e. The van der Waals surface area contributed by atoms with Gasteiger partial charge in [0, 0.05) is 6.42 Å². The molecule has 0 bridgehead atoms. The summed E-state index contributed by atoms with van der Waals surface area (Å²) in [6, 6.07) is 0. The van der Waals surface area contributed by atoms with Gasteiger partial charge in [-0.05, 0) is 17.5 Å². The van der Waals surface area contributed by atoms with Gasteiger partial charge >= 0.3 is 0 Å². The molecular formula is C6H9BrO. The van der Waals surface area contributed by atoms with Crippen LogP contribution in [0.25, 0.3) is 0 Å². The molecule has 0 radical (unpaired) electrons. The summed E-state index contributed by atoms with van der Waals surface area (Å²) < 4.78 is 6.52. The Bertz CT molecular complexity index is 109. The molecule has 0 aromatic carbocycles. The number of hydrogen-bond donors (Lipinski definition) is 0. The SMILES string of the molecule is CC1C=C(Br)CCO1. The van der Waals surface area contributed by atoms with Gasteiger partial charge in [0.1, 0.15) is 0 Å². The first-order valence-electron chi connectivity index (χ1n) is 2.77. The van der Waals surface area contributed by atoms with Gasteiger partial charge < -0.3 is 4.74 Å². The van der Waals surface area contributed by atoms with E-state index in [0.29, 0.717) is 6.10 Å². The van der Waals surface area contributed by atoms with E-state index in [1.54, 1.807) is 0 Å². The van der Waals surface area contributed by atoms with Gasteiger partial charge in [-0.25, -0.2) is 0 Å². The summed E-state index contributed by atoms with van der Waals surface area (Å²) in [4.78, 5) is 0. The highest BCUT2D eigenvalue weighted by atomic mass is 79.9. The van der Waals surface area contributed by atoms with Gasteiger partial charge in [-0.1, -0.05) is 15.9 Å². The van der Waals surface area contributed by atoms with Gasteiger partial charge in [0.25, 0.3) is 0 Å². The number of ether oxygens (including phenoxy) is 1. The third kappa shape index (κ3) is 1.60. The van der Waals surface area contributed by atoms with Crippen molar-refractivity contribution >= 4 is 15.9 Å². The Kier molecular flexibility index (Phi) is 2.08. The van der Waals surface area contributed by atoms with Gasteiger partial charge in [-0.3, -0.25) is 0 Å². The van der Waals surface area contributed by atoms with Gasteiger partial charge in [-0.15, -0.1) is 0 Å². The molecule has 46 valence electrons. The monoisotopic (exact) mass is 176 g/mol. The van der Waals surface area contributed by atoms with Crippen LogP contribution < -0.4 is 0 Å². The molecule has 0 saturated heterocycles. The highest BCUT2D eigenvalue weighted by molar-refractivity contribution is 9.11. The van der Waals surface area contributed by atoms with Gasteiger partial charge in [0.15, 0.2) is 0 Å². The Morgan fingerprint density at radius 2 is 2.62 bits per heavy atom. The van der Waals surface area contributed by atoms with Gasteiger partial charge in [-0.2, -0.15) is 0 Å². The summed E-state index contributed by atoms with van der Waals surface area (Å²) >= 11 is 3.41. The lowest BCUT2D eigenvalue weighted by Crippen LogP contribution is -2.11. The van der Waals surface area contributed by atoms with Crippen molar-refractivity contribution in [3.8, 4) is 0 Å². The van der Waals surface area contributed by atoms with Crippen LogP contribution >= 0.6 is 15.9 Å². The van der Waals surface area contributed by atoms with E-state index in [9.17, 15) is 0 Å². The fourth-order valence-corrected chi connectivity index (χ4v) is 1.26. The first kappa shape index (κ1) is 6.30. The minimum Gasteiger partial charge on any atom is -0.374 e. The first-order valence-corrected chi connectivity index (χ1v) is 3.56. The molecule has 1 atom stereocenters. The van der Waals surface area contributed by atoms with Crippen LogP contribution in [-0.4, -0.2) is 12.7 Å². The molecule has 1 nitrogen and oxygen atoms in total. The van der Waals surface area contributed by atoms with Crippen molar-refractivity contribution in [1.82, 2.24) is 0 Å². The van der Waals surface area contributed by atoms with E-state index in [4.69, 9.17) is 4.74 Å². The predicted molar refractivity (Wildman–Crippen MR) is 37.0 cm³/mol. The van der Waals surface area contributed by atoms with Gasteiger partial charge in [0.2, 0.25) is 0 Å². The average Bonchev–Trinajstić information content (AvgIpc) is 1.64. The average molecular weight is 177 g/mol. The van der Waals surface area contributed by atoms with Crippen molar-refractivity contribution in [2.45, 2.75) is 19.4 Å². The normalized spacial score (nSPS) is 29.8. The van der Waals surface area contributed by atoms with Crippen LogP contribution in [0.15, 0.2) is 10.6 Å². The first-order chi connectivity index (χ1) is 3.79. The number of rotatable bonds is 0. The lowest BCUT2D eigenvalue weighted by molar-refractivity contribution is 0.0917. The van der Waals surface area contributed by atoms with E-state index in [0.717, 1.165) is 13.0 Å². The van der Waals surface area contributed by atoms with Gasteiger partial charge in [0.05, 0.1) is 12.7 Å². The molecular weight excluding hydrogens is 168 g/mol. The van der Waals surface area contributed by atoms with Crippen LogP contribution in [-0.2, 0) is 4.74 Å². The van der Waals surface area contributed by atoms with E-state index in [1.807, 2.05) is 6.92 Å². The Balaban J connectivity index is 2.50. The van der Waals surface area contributed by atoms with E-state index in [2.05, 4.69) is 22.0 Å². The van der Waals surface area contributed by atoms with Crippen LogP contribution in [0.4, 0.5) is 0 Å². The Labute approximate surface area is 57.8 Å². The number of hydrogen-bond acceptors (Lipinski definition) is 1. The van der Waals surface area contributed by atoms with Crippen molar-refractivity contribution in [2.24, 2.45) is 0 Å². The maximum Gasteiger partial charge on any atom is 0.0738 e. The minimum atomic E-state index is 0.304. The molecule has 0 spiro atoms. The highest BCUT2D eigenvalue weighted by Gasteiger charge is 2.05. The topological polar surface area (TPSA) is 9.23 Å². The van der Waals surface area contributed by atoms with Crippen molar-refractivity contribution in [2.75, 3.05) is 6.61 Å². The maximum absolute atomic E-state index is 5.24. The zero-order chi connectivity index (χ0) is 5.98. The van der Waals surface area contributed by atoms with Crippen molar-refractivity contribution in [1.29, 1.82) is 0 Å². The predicted octanol–water partition coefficient (Wildman–Crippen LogP) is 2.07. The second kappa shape index (κ2) is 2.65. The summed E-state index contributed by atoms with van der Waals surface area (Å²) in [5.74, 6) is 0. The molecule has 1 rings (SSSR count). The summed E-state index contributed by atoms with van der Waals surface area (Å²) in [5.41, 5.74) is 0. The third-order valence-corrected chi connectivity index (χ3v) is 1.80.